The summed E-state index contributed by atoms with van der Waals surface area (Å²) >= 11 is 1.37. The van der Waals surface area contributed by atoms with Gasteiger partial charge in [-0.3, -0.25) is 4.79 Å². The molecule has 14 heavy (non-hydrogen) atoms. The summed E-state index contributed by atoms with van der Waals surface area (Å²) in [5.41, 5.74) is 1.99. The van der Waals surface area contributed by atoms with Crippen molar-refractivity contribution in [1.82, 2.24) is 10.1 Å². The molecule has 2 aromatic rings. The van der Waals surface area contributed by atoms with E-state index in [0.717, 1.165) is 0 Å². The lowest BCUT2D eigenvalue weighted by Crippen LogP contribution is -2.12. The topological polar surface area (TPSA) is 68.0 Å². The Balaban J connectivity index is 2.09. The maximum absolute atomic E-state index is 11.4. The summed E-state index contributed by atoms with van der Waals surface area (Å²) < 4.78 is 4.80. The van der Waals surface area contributed by atoms with Crippen molar-refractivity contribution in [3.05, 3.63) is 28.4 Å². The van der Waals surface area contributed by atoms with E-state index in [0.29, 0.717) is 17.3 Å². The highest BCUT2D eigenvalue weighted by Crippen LogP contribution is 2.09. The maximum atomic E-state index is 11.4. The van der Waals surface area contributed by atoms with Crippen molar-refractivity contribution < 1.29 is 9.32 Å². The SMILES string of the molecule is Cc1cc(NC(=O)c2cscn2)no1. The first kappa shape index (κ1) is 8.89. The summed E-state index contributed by atoms with van der Waals surface area (Å²) in [6.07, 6.45) is 0. The van der Waals surface area contributed by atoms with Gasteiger partial charge in [0.15, 0.2) is 5.82 Å². The normalized spacial score (nSPS) is 10.1. The lowest BCUT2D eigenvalue weighted by Gasteiger charge is -1.95. The van der Waals surface area contributed by atoms with Crippen molar-refractivity contribution >= 4 is 23.1 Å². The third-order valence-corrected chi connectivity index (χ3v) is 2.12. The molecular formula is C8H7N3O2S. The number of amides is 1. The lowest BCUT2D eigenvalue weighted by atomic mass is 10.4. The Bertz CT molecular complexity index is 435. The number of hydrogen-bond donors (Lipinski definition) is 1. The van der Waals surface area contributed by atoms with Gasteiger partial charge in [0.1, 0.15) is 11.5 Å². The Kier molecular flexibility index (Phi) is 2.28. The van der Waals surface area contributed by atoms with Crippen LogP contribution in [-0.2, 0) is 0 Å². The predicted octanol–water partition coefficient (Wildman–Crippen LogP) is 1.69. The average molecular weight is 209 g/mol. The minimum Gasteiger partial charge on any atom is -0.360 e. The van der Waals surface area contributed by atoms with Gasteiger partial charge in [0.2, 0.25) is 0 Å². The molecule has 5 nitrogen and oxygen atoms in total. The molecule has 2 rings (SSSR count). The van der Waals surface area contributed by atoms with E-state index in [1.807, 2.05) is 0 Å². The number of hydrogen-bond acceptors (Lipinski definition) is 5. The lowest BCUT2D eigenvalue weighted by molar-refractivity contribution is 0.102. The van der Waals surface area contributed by atoms with Crippen molar-refractivity contribution in [2.24, 2.45) is 0 Å². The molecule has 0 bridgehead atoms. The monoisotopic (exact) mass is 209 g/mol. The van der Waals surface area contributed by atoms with E-state index in [1.54, 1.807) is 23.9 Å². The second-order valence-electron chi connectivity index (χ2n) is 2.65. The van der Waals surface area contributed by atoms with E-state index in [4.69, 9.17) is 4.52 Å². The molecule has 2 aromatic heterocycles. The number of anilines is 1. The van der Waals surface area contributed by atoms with Crippen LogP contribution in [0.5, 0.6) is 0 Å². The van der Waals surface area contributed by atoms with Crippen LogP contribution < -0.4 is 5.32 Å². The van der Waals surface area contributed by atoms with E-state index in [2.05, 4.69) is 15.5 Å². The van der Waals surface area contributed by atoms with Gasteiger partial charge in [-0.1, -0.05) is 5.16 Å². The van der Waals surface area contributed by atoms with Crippen molar-refractivity contribution in [3.8, 4) is 0 Å². The number of nitrogens with zero attached hydrogens (tertiary/aromatic N) is 2. The number of aryl methyl sites for hydroxylation is 1. The molecule has 0 atom stereocenters. The number of nitrogens with one attached hydrogen (secondary N) is 1. The van der Waals surface area contributed by atoms with Crippen LogP contribution in [0.4, 0.5) is 5.82 Å². The molecule has 0 aliphatic heterocycles. The van der Waals surface area contributed by atoms with Crippen LogP contribution in [0.2, 0.25) is 0 Å². The van der Waals surface area contributed by atoms with Crippen LogP contribution in [0.3, 0.4) is 0 Å². The van der Waals surface area contributed by atoms with Gasteiger partial charge in [-0.05, 0) is 6.92 Å². The van der Waals surface area contributed by atoms with E-state index in [1.165, 1.54) is 11.3 Å². The van der Waals surface area contributed by atoms with E-state index < -0.39 is 0 Å². The van der Waals surface area contributed by atoms with Gasteiger partial charge < -0.3 is 9.84 Å². The smallest absolute Gasteiger partial charge is 0.276 e. The number of carbonyl (C=O) groups is 1. The Morgan fingerprint density at radius 1 is 1.64 bits per heavy atom. The largest absolute Gasteiger partial charge is 0.360 e. The molecule has 0 aliphatic carbocycles. The molecule has 0 saturated carbocycles. The van der Waals surface area contributed by atoms with E-state index in [9.17, 15) is 4.79 Å². The first-order chi connectivity index (χ1) is 6.75. The zero-order chi connectivity index (χ0) is 9.97. The predicted molar refractivity (Wildman–Crippen MR) is 51.3 cm³/mol. The van der Waals surface area contributed by atoms with Crippen molar-refractivity contribution in [2.45, 2.75) is 6.92 Å². The average Bonchev–Trinajstić information content (AvgIpc) is 2.75. The number of thiazole rings is 1. The van der Waals surface area contributed by atoms with Gasteiger partial charge in [0, 0.05) is 11.4 Å². The Labute approximate surface area is 83.8 Å². The molecule has 2 heterocycles. The molecule has 0 fully saturated rings. The molecule has 0 spiro atoms. The van der Waals surface area contributed by atoms with Gasteiger partial charge in [-0.25, -0.2) is 4.98 Å². The second kappa shape index (κ2) is 3.59. The van der Waals surface area contributed by atoms with Crippen molar-refractivity contribution in [1.29, 1.82) is 0 Å². The molecule has 0 aliphatic rings. The van der Waals surface area contributed by atoms with Gasteiger partial charge in [0.25, 0.3) is 5.91 Å². The van der Waals surface area contributed by atoms with E-state index >= 15 is 0 Å². The van der Waals surface area contributed by atoms with Crippen molar-refractivity contribution in [3.63, 3.8) is 0 Å². The van der Waals surface area contributed by atoms with E-state index in [-0.39, 0.29) is 5.91 Å². The first-order valence-electron chi connectivity index (χ1n) is 3.88. The van der Waals surface area contributed by atoms with Crippen LogP contribution in [0.15, 0.2) is 21.5 Å². The van der Waals surface area contributed by atoms with Crippen molar-refractivity contribution in [2.75, 3.05) is 5.32 Å². The first-order valence-corrected chi connectivity index (χ1v) is 4.83. The highest BCUT2D eigenvalue weighted by molar-refractivity contribution is 7.07. The zero-order valence-electron chi connectivity index (χ0n) is 7.35. The summed E-state index contributed by atoms with van der Waals surface area (Å²) in [4.78, 5) is 15.3. The Morgan fingerprint density at radius 2 is 2.50 bits per heavy atom. The van der Waals surface area contributed by atoms with Crippen LogP contribution in [-0.4, -0.2) is 16.0 Å². The zero-order valence-corrected chi connectivity index (χ0v) is 8.17. The quantitative estimate of drug-likeness (QED) is 0.817. The fourth-order valence-corrected chi connectivity index (χ4v) is 1.46. The summed E-state index contributed by atoms with van der Waals surface area (Å²) in [6, 6.07) is 1.64. The highest BCUT2D eigenvalue weighted by atomic mass is 32.1. The summed E-state index contributed by atoms with van der Waals surface area (Å²) in [7, 11) is 0. The molecule has 0 unspecified atom stereocenters. The fraction of sp³-hybridized carbons (Fsp3) is 0.125. The van der Waals surface area contributed by atoms with Crippen LogP contribution in [0.1, 0.15) is 16.2 Å². The summed E-state index contributed by atoms with van der Waals surface area (Å²) in [5, 5.41) is 7.87. The second-order valence-corrected chi connectivity index (χ2v) is 3.37. The molecule has 72 valence electrons. The van der Waals surface area contributed by atoms with Crippen LogP contribution in [0, 0.1) is 6.92 Å². The minimum absolute atomic E-state index is 0.278. The standard InChI is InChI=1S/C8H7N3O2S/c1-5-2-7(11-13-5)10-8(12)6-3-14-4-9-6/h2-4H,1H3,(H,10,11,12). The number of rotatable bonds is 2. The Hall–Kier alpha value is -1.69. The fourth-order valence-electron chi connectivity index (χ4n) is 0.930. The van der Waals surface area contributed by atoms with Gasteiger partial charge in [0.05, 0.1) is 5.51 Å². The maximum Gasteiger partial charge on any atom is 0.276 e. The minimum atomic E-state index is -0.278. The van der Waals surface area contributed by atoms with Gasteiger partial charge >= 0.3 is 0 Å². The molecule has 1 N–H and O–H groups in total. The highest BCUT2D eigenvalue weighted by Gasteiger charge is 2.09. The van der Waals surface area contributed by atoms with Gasteiger partial charge in [-0.2, -0.15) is 0 Å². The molecule has 0 saturated heterocycles. The van der Waals surface area contributed by atoms with Gasteiger partial charge in [-0.15, -0.1) is 11.3 Å². The third-order valence-electron chi connectivity index (χ3n) is 1.53. The summed E-state index contributed by atoms with van der Waals surface area (Å²) in [6.45, 7) is 1.76. The Morgan fingerprint density at radius 3 is 3.07 bits per heavy atom. The van der Waals surface area contributed by atoms with Crippen LogP contribution in [0.25, 0.3) is 0 Å². The van der Waals surface area contributed by atoms with Crippen LogP contribution >= 0.6 is 11.3 Å². The molecular weight excluding hydrogens is 202 g/mol. The molecule has 1 amide bonds. The third kappa shape index (κ3) is 1.80. The summed E-state index contributed by atoms with van der Waals surface area (Å²) in [5.74, 6) is 0.777. The number of carbonyl (C=O) groups excluding carboxylic acids is 1. The molecule has 0 radical (unpaired) electrons. The molecule has 0 aromatic carbocycles. The number of aromatic nitrogens is 2. The molecule has 6 heteroatoms.